The largest absolute Gasteiger partial charge is 0.516 e. The number of ether oxygens (including phenoxy) is 2. The van der Waals surface area contributed by atoms with E-state index in [0.717, 1.165) is 20.3 Å². The van der Waals surface area contributed by atoms with E-state index in [1.165, 1.54) is 4.57 Å². The van der Waals surface area contributed by atoms with Crippen LogP contribution in [0.1, 0.15) is 6.92 Å². The monoisotopic (exact) mass is 334 g/mol. The predicted molar refractivity (Wildman–Crippen MR) is 85.2 cm³/mol. The van der Waals surface area contributed by atoms with E-state index in [-0.39, 0.29) is 18.3 Å². The van der Waals surface area contributed by atoms with Crippen molar-refractivity contribution in [2.24, 2.45) is 7.05 Å². The van der Waals surface area contributed by atoms with Crippen LogP contribution in [0.25, 0.3) is 16.6 Å². The van der Waals surface area contributed by atoms with Crippen LogP contribution in [-0.2, 0) is 11.8 Å². The first-order valence-electron chi connectivity index (χ1n) is 6.83. The minimum Gasteiger partial charge on any atom is -0.434 e. The molecule has 0 aliphatic rings. The summed E-state index contributed by atoms with van der Waals surface area (Å²) in [6, 6.07) is 5.47. The Morgan fingerprint density at radius 1 is 1.39 bits per heavy atom. The molecule has 0 aliphatic heterocycles. The molecule has 0 fully saturated rings. The number of aryl methyl sites for hydroxylation is 1. The van der Waals surface area contributed by atoms with Crippen molar-refractivity contribution in [3.05, 3.63) is 28.7 Å². The lowest BCUT2D eigenvalue weighted by Crippen LogP contribution is -2.25. The average Bonchev–Trinajstić information content (AvgIpc) is 2.96. The van der Waals surface area contributed by atoms with Crippen LogP contribution in [0.5, 0.6) is 6.01 Å². The fourth-order valence-electron chi connectivity index (χ4n) is 2.22. The summed E-state index contributed by atoms with van der Waals surface area (Å²) < 4.78 is 12.1. The van der Waals surface area contributed by atoms with E-state index < -0.39 is 6.16 Å². The molecule has 0 saturated carbocycles. The highest BCUT2D eigenvalue weighted by Crippen LogP contribution is 2.24. The molecule has 1 aromatic carbocycles. The lowest BCUT2D eigenvalue weighted by atomic mass is 10.2. The summed E-state index contributed by atoms with van der Waals surface area (Å²) in [6.45, 7) is 1.83. The van der Waals surface area contributed by atoms with E-state index in [2.05, 4.69) is 14.8 Å². The summed E-state index contributed by atoms with van der Waals surface area (Å²) >= 11 is 1.58. The molecule has 120 valence electrons. The maximum absolute atomic E-state index is 12.4. The van der Waals surface area contributed by atoms with Crippen molar-refractivity contribution in [1.29, 1.82) is 0 Å². The Labute approximate surface area is 135 Å². The number of nitrogens with zero attached hydrogens (tertiary/aromatic N) is 4. The van der Waals surface area contributed by atoms with Gasteiger partial charge in [-0.3, -0.25) is 4.57 Å². The molecular formula is C14H14N4O4S. The first kappa shape index (κ1) is 15.3. The summed E-state index contributed by atoms with van der Waals surface area (Å²) in [6.07, 6.45) is 1.05. The fourth-order valence-corrected chi connectivity index (χ4v) is 2.66. The molecule has 2 heterocycles. The summed E-state index contributed by atoms with van der Waals surface area (Å²) in [5, 5.41) is 4.68. The predicted octanol–water partition coefficient (Wildman–Crippen LogP) is 1.84. The van der Waals surface area contributed by atoms with Crippen molar-refractivity contribution in [2.75, 3.05) is 12.9 Å². The van der Waals surface area contributed by atoms with Crippen LogP contribution in [0.15, 0.2) is 27.9 Å². The highest BCUT2D eigenvalue weighted by Gasteiger charge is 2.17. The van der Waals surface area contributed by atoms with E-state index in [1.807, 2.05) is 24.5 Å². The molecule has 0 saturated heterocycles. The lowest BCUT2D eigenvalue weighted by molar-refractivity contribution is 0.101. The van der Waals surface area contributed by atoms with Gasteiger partial charge in [0.05, 0.1) is 12.1 Å². The molecule has 0 amide bonds. The standard InChI is InChI=1S/C14H14N4O4S/c1-4-21-14(20)22-12-15-11-9-7-8(23-3)5-6-10(9)17(2)13(19)18(11)16-12/h5-7H,4H2,1-3H3. The molecule has 0 atom stereocenters. The molecule has 8 nitrogen and oxygen atoms in total. The zero-order valence-corrected chi connectivity index (χ0v) is 13.6. The van der Waals surface area contributed by atoms with Crippen LogP contribution in [0.2, 0.25) is 0 Å². The molecule has 0 N–H and O–H groups in total. The van der Waals surface area contributed by atoms with Gasteiger partial charge in [0.2, 0.25) is 0 Å². The van der Waals surface area contributed by atoms with Crippen molar-refractivity contribution in [1.82, 2.24) is 19.2 Å². The van der Waals surface area contributed by atoms with Gasteiger partial charge in [-0.1, -0.05) is 0 Å². The Morgan fingerprint density at radius 2 is 2.17 bits per heavy atom. The smallest absolute Gasteiger partial charge is 0.434 e. The van der Waals surface area contributed by atoms with Crippen molar-refractivity contribution < 1.29 is 14.3 Å². The maximum Gasteiger partial charge on any atom is 0.516 e. The van der Waals surface area contributed by atoms with E-state index in [9.17, 15) is 9.59 Å². The number of hydrogen-bond donors (Lipinski definition) is 0. The third-order valence-electron chi connectivity index (χ3n) is 3.30. The van der Waals surface area contributed by atoms with Gasteiger partial charge in [-0.2, -0.15) is 9.50 Å². The third-order valence-corrected chi connectivity index (χ3v) is 4.02. The van der Waals surface area contributed by atoms with Crippen molar-refractivity contribution in [2.45, 2.75) is 11.8 Å². The van der Waals surface area contributed by atoms with Gasteiger partial charge in [0.1, 0.15) is 0 Å². The second-order valence-corrected chi connectivity index (χ2v) is 5.52. The topological polar surface area (TPSA) is 87.7 Å². The van der Waals surface area contributed by atoms with Gasteiger partial charge in [-0.25, -0.2) is 9.59 Å². The molecule has 0 radical (unpaired) electrons. The normalized spacial score (nSPS) is 11.1. The Kier molecular flexibility index (Phi) is 3.95. The molecule has 0 bridgehead atoms. The van der Waals surface area contributed by atoms with Crippen LogP contribution in [0.4, 0.5) is 4.79 Å². The summed E-state index contributed by atoms with van der Waals surface area (Å²) in [7, 11) is 1.65. The highest BCUT2D eigenvalue weighted by atomic mass is 32.2. The number of thioether (sulfide) groups is 1. The Hall–Kier alpha value is -2.55. The Bertz CT molecular complexity index is 963. The molecule has 3 aromatic rings. The molecule has 0 spiro atoms. The molecule has 0 aliphatic carbocycles. The summed E-state index contributed by atoms with van der Waals surface area (Å²) in [5.74, 6) is 0. The number of carbonyl (C=O) groups excluding carboxylic acids is 1. The molecule has 2 aromatic heterocycles. The molecule has 0 unspecified atom stereocenters. The van der Waals surface area contributed by atoms with Gasteiger partial charge in [0.15, 0.2) is 5.65 Å². The summed E-state index contributed by atoms with van der Waals surface area (Å²) in [5.41, 5.74) is 0.671. The van der Waals surface area contributed by atoms with Crippen molar-refractivity contribution in [3.63, 3.8) is 0 Å². The van der Waals surface area contributed by atoms with Gasteiger partial charge in [0.25, 0.3) is 0 Å². The quantitative estimate of drug-likeness (QED) is 0.533. The zero-order chi connectivity index (χ0) is 16.6. The summed E-state index contributed by atoms with van der Waals surface area (Å²) in [4.78, 5) is 28.9. The number of carbonyl (C=O) groups is 1. The van der Waals surface area contributed by atoms with Gasteiger partial charge in [0, 0.05) is 17.3 Å². The van der Waals surface area contributed by atoms with E-state index in [1.54, 1.807) is 25.7 Å². The second kappa shape index (κ2) is 5.92. The number of aromatic nitrogens is 4. The van der Waals surface area contributed by atoms with Crippen LogP contribution in [0, 0.1) is 0 Å². The van der Waals surface area contributed by atoms with Crippen LogP contribution >= 0.6 is 11.8 Å². The lowest BCUT2D eigenvalue weighted by Gasteiger charge is -2.06. The average molecular weight is 334 g/mol. The fraction of sp³-hybridized carbons (Fsp3) is 0.286. The number of hydrogen-bond acceptors (Lipinski definition) is 7. The van der Waals surface area contributed by atoms with Gasteiger partial charge >= 0.3 is 17.9 Å². The van der Waals surface area contributed by atoms with Crippen LogP contribution in [0.3, 0.4) is 0 Å². The third kappa shape index (κ3) is 2.63. The van der Waals surface area contributed by atoms with Gasteiger partial charge in [-0.15, -0.1) is 16.9 Å². The highest BCUT2D eigenvalue weighted by molar-refractivity contribution is 7.98. The minimum absolute atomic E-state index is 0.175. The number of rotatable bonds is 3. The zero-order valence-electron chi connectivity index (χ0n) is 12.8. The van der Waals surface area contributed by atoms with Gasteiger partial charge < -0.3 is 9.47 Å². The van der Waals surface area contributed by atoms with Crippen molar-refractivity contribution in [3.8, 4) is 6.01 Å². The van der Waals surface area contributed by atoms with Crippen LogP contribution < -0.4 is 10.4 Å². The molecule has 23 heavy (non-hydrogen) atoms. The molecule has 9 heteroatoms. The van der Waals surface area contributed by atoms with Gasteiger partial charge in [-0.05, 0) is 31.4 Å². The molecular weight excluding hydrogens is 320 g/mol. The number of benzene rings is 1. The number of fused-ring (bicyclic) bond motifs is 3. The van der Waals surface area contributed by atoms with Crippen molar-refractivity contribution >= 4 is 34.5 Å². The SMILES string of the molecule is CCOC(=O)Oc1nc2c3cc(SC)ccc3n(C)c(=O)n2n1. The minimum atomic E-state index is -0.908. The molecule has 3 rings (SSSR count). The first-order chi connectivity index (χ1) is 11.0. The Morgan fingerprint density at radius 3 is 2.87 bits per heavy atom. The van der Waals surface area contributed by atoms with E-state index >= 15 is 0 Å². The van der Waals surface area contributed by atoms with E-state index in [4.69, 9.17) is 4.74 Å². The second-order valence-electron chi connectivity index (χ2n) is 4.64. The van der Waals surface area contributed by atoms with Crippen LogP contribution in [-0.4, -0.2) is 38.2 Å². The maximum atomic E-state index is 12.4. The first-order valence-corrected chi connectivity index (χ1v) is 8.05. The van der Waals surface area contributed by atoms with E-state index in [0.29, 0.717) is 5.65 Å². The Balaban J connectivity index is 2.23.